The Kier molecular flexibility index (Phi) is 5.80. The molecular formula is C16H25N3O5. The number of ether oxygens (including phenoxy) is 2. The molecule has 134 valence electrons. The minimum atomic E-state index is -0.566. The maximum absolute atomic E-state index is 12.4. The Hall–Kier alpha value is -2.12. The van der Waals surface area contributed by atoms with Gasteiger partial charge in [-0.3, -0.25) is 9.69 Å². The van der Waals surface area contributed by atoms with Crippen LogP contribution in [0.4, 0.5) is 4.79 Å². The van der Waals surface area contributed by atoms with Gasteiger partial charge in [-0.1, -0.05) is 5.16 Å². The molecular weight excluding hydrogens is 314 g/mol. The smallest absolute Gasteiger partial charge is 0.410 e. The lowest BCUT2D eigenvalue weighted by molar-refractivity contribution is -0.142. The number of piperidine rings is 1. The van der Waals surface area contributed by atoms with Crippen LogP contribution in [0.1, 0.15) is 64.7 Å². The maximum atomic E-state index is 12.4. The number of aromatic nitrogens is 2. The number of nitrogens with zero attached hydrogens (tertiary/aromatic N) is 3. The first-order chi connectivity index (χ1) is 11.3. The van der Waals surface area contributed by atoms with Gasteiger partial charge in [0.15, 0.2) is 5.82 Å². The van der Waals surface area contributed by atoms with Gasteiger partial charge >= 0.3 is 12.1 Å². The van der Waals surface area contributed by atoms with E-state index in [1.807, 2.05) is 20.8 Å². The Morgan fingerprint density at radius 2 is 2.08 bits per heavy atom. The third-order valence-corrected chi connectivity index (χ3v) is 3.51. The fourth-order valence-corrected chi connectivity index (χ4v) is 2.54. The van der Waals surface area contributed by atoms with Gasteiger partial charge in [-0.25, -0.2) is 4.79 Å². The van der Waals surface area contributed by atoms with Crippen molar-refractivity contribution in [3.05, 3.63) is 11.7 Å². The molecule has 24 heavy (non-hydrogen) atoms. The highest BCUT2D eigenvalue weighted by Crippen LogP contribution is 2.31. The van der Waals surface area contributed by atoms with Crippen molar-refractivity contribution < 1.29 is 23.6 Å². The van der Waals surface area contributed by atoms with E-state index in [1.165, 1.54) is 0 Å². The van der Waals surface area contributed by atoms with Gasteiger partial charge in [0.1, 0.15) is 18.1 Å². The minimum Gasteiger partial charge on any atom is -0.466 e. The van der Waals surface area contributed by atoms with Crippen molar-refractivity contribution in [3.63, 3.8) is 0 Å². The number of carbonyl (C=O) groups is 2. The van der Waals surface area contributed by atoms with Crippen LogP contribution >= 0.6 is 0 Å². The molecule has 1 atom stereocenters. The predicted octanol–water partition coefficient (Wildman–Crippen LogP) is 2.64. The van der Waals surface area contributed by atoms with Gasteiger partial charge in [-0.05, 0) is 47.0 Å². The molecule has 1 saturated heterocycles. The van der Waals surface area contributed by atoms with E-state index >= 15 is 0 Å². The number of esters is 1. The largest absolute Gasteiger partial charge is 0.466 e. The first-order valence-corrected chi connectivity index (χ1v) is 8.28. The van der Waals surface area contributed by atoms with Crippen LogP contribution in [0, 0.1) is 0 Å². The summed E-state index contributed by atoms with van der Waals surface area (Å²) >= 11 is 0. The zero-order valence-electron chi connectivity index (χ0n) is 14.7. The molecule has 0 saturated carbocycles. The van der Waals surface area contributed by atoms with Gasteiger partial charge in [-0.2, -0.15) is 4.98 Å². The van der Waals surface area contributed by atoms with Crippen LogP contribution in [0.3, 0.4) is 0 Å². The summed E-state index contributed by atoms with van der Waals surface area (Å²) in [5, 5.41) is 3.82. The second-order valence-electron chi connectivity index (χ2n) is 6.72. The van der Waals surface area contributed by atoms with E-state index in [1.54, 1.807) is 11.8 Å². The standard InChI is InChI=1S/C16H25N3O5/c1-5-22-13(20)10-12-17-14(24-18-12)11-8-6-7-9-19(11)15(21)23-16(2,3)4/h11H,5-10H2,1-4H3. The Morgan fingerprint density at radius 3 is 2.75 bits per heavy atom. The molecule has 1 unspecified atom stereocenters. The van der Waals surface area contributed by atoms with E-state index in [0.29, 0.717) is 19.0 Å². The molecule has 0 bridgehead atoms. The molecule has 1 aliphatic heterocycles. The van der Waals surface area contributed by atoms with Crippen LogP contribution in [0.2, 0.25) is 0 Å². The molecule has 8 nitrogen and oxygen atoms in total. The summed E-state index contributed by atoms with van der Waals surface area (Å²) in [5.74, 6) is 0.190. The van der Waals surface area contributed by atoms with E-state index in [4.69, 9.17) is 14.0 Å². The Morgan fingerprint density at radius 1 is 1.33 bits per heavy atom. The molecule has 2 rings (SSSR count). The van der Waals surface area contributed by atoms with Crippen LogP contribution in [0.15, 0.2) is 4.52 Å². The van der Waals surface area contributed by atoms with Gasteiger partial charge in [0.05, 0.1) is 6.61 Å². The number of amides is 1. The lowest BCUT2D eigenvalue weighted by Crippen LogP contribution is -2.42. The summed E-state index contributed by atoms with van der Waals surface area (Å²) in [5.41, 5.74) is -0.566. The summed E-state index contributed by atoms with van der Waals surface area (Å²) < 4.78 is 15.6. The Bertz CT molecular complexity index is 579. The molecule has 8 heteroatoms. The van der Waals surface area contributed by atoms with Crippen molar-refractivity contribution >= 4 is 12.1 Å². The van der Waals surface area contributed by atoms with E-state index in [-0.39, 0.29) is 18.3 Å². The van der Waals surface area contributed by atoms with Crippen molar-refractivity contribution in [3.8, 4) is 0 Å². The van der Waals surface area contributed by atoms with Gasteiger partial charge < -0.3 is 14.0 Å². The quantitative estimate of drug-likeness (QED) is 0.778. The van der Waals surface area contributed by atoms with Crippen molar-refractivity contribution in [1.82, 2.24) is 15.0 Å². The summed E-state index contributed by atoms with van der Waals surface area (Å²) in [6.07, 6.45) is 2.15. The van der Waals surface area contributed by atoms with Crippen LogP contribution in [0.25, 0.3) is 0 Å². The number of hydrogen-bond donors (Lipinski definition) is 0. The fraction of sp³-hybridized carbons (Fsp3) is 0.750. The Labute approximate surface area is 141 Å². The zero-order chi connectivity index (χ0) is 17.7. The highest BCUT2D eigenvalue weighted by molar-refractivity contribution is 5.71. The number of likely N-dealkylation sites (tertiary alicyclic amines) is 1. The molecule has 0 aromatic carbocycles. The van der Waals surface area contributed by atoms with Crippen LogP contribution in [-0.4, -0.2) is 45.9 Å². The normalized spacial score (nSPS) is 18.3. The molecule has 1 amide bonds. The maximum Gasteiger partial charge on any atom is 0.410 e. The lowest BCUT2D eigenvalue weighted by atomic mass is 10.0. The van der Waals surface area contributed by atoms with E-state index in [9.17, 15) is 9.59 Å². The molecule has 0 radical (unpaired) electrons. The average molecular weight is 339 g/mol. The first kappa shape index (κ1) is 18.2. The monoisotopic (exact) mass is 339 g/mol. The molecule has 1 aromatic heterocycles. The lowest BCUT2D eigenvalue weighted by Gasteiger charge is -2.34. The van der Waals surface area contributed by atoms with Gasteiger partial charge in [0.25, 0.3) is 0 Å². The average Bonchev–Trinajstić information content (AvgIpc) is 2.94. The number of carbonyl (C=O) groups excluding carboxylic acids is 2. The molecule has 0 spiro atoms. The van der Waals surface area contributed by atoms with Crippen LogP contribution in [0.5, 0.6) is 0 Å². The third kappa shape index (κ3) is 4.94. The summed E-state index contributed by atoms with van der Waals surface area (Å²) in [4.78, 5) is 29.8. The van der Waals surface area contributed by atoms with Crippen LogP contribution in [-0.2, 0) is 20.7 Å². The molecule has 2 heterocycles. The summed E-state index contributed by atoms with van der Waals surface area (Å²) in [6, 6.07) is -0.322. The molecule has 1 aliphatic rings. The second-order valence-corrected chi connectivity index (χ2v) is 6.72. The first-order valence-electron chi connectivity index (χ1n) is 8.28. The molecule has 0 aliphatic carbocycles. The van der Waals surface area contributed by atoms with Gasteiger partial charge in [0.2, 0.25) is 5.89 Å². The van der Waals surface area contributed by atoms with Crippen LogP contribution < -0.4 is 0 Å². The topological polar surface area (TPSA) is 94.8 Å². The zero-order valence-corrected chi connectivity index (χ0v) is 14.7. The van der Waals surface area contributed by atoms with Gasteiger partial charge in [0, 0.05) is 6.54 Å². The van der Waals surface area contributed by atoms with E-state index in [2.05, 4.69) is 10.1 Å². The van der Waals surface area contributed by atoms with Crippen molar-refractivity contribution in [2.45, 2.75) is 65.0 Å². The molecule has 1 fully saturated rings. The number of rotatable bonds is 4. The predicted molar refractivity (Wildman–Crippen MR) is 84.2 cm³/mol. The molecule has 1 aromatic rings. The second kappa shape index (κ2) is 7.63. The highest BCUT2D eigenvalue weighted by atomic mass is 16.6. The number of hydrogen-bond acceptors (Lipinski definition) is 7. The summed E-state index contributed by atoms with van der Waals surface area (Å²) in [7, 11) is 0. The highest BCUT2D eigenvalue weighted by Gasteiger charge is 2.34. The molecule has 0 N–H and O–H groups in total. The van der Waals surface area contributed by atoms with E-state index < -0.39 is 17.7 Å². The van der Waals surface area contributed by atoms with E-state index in [0.717, 1.165) is 19.3 Å². The van der Waals surface area contributed by atoms with Crippen molar-refractivity contribution in [2.75, 3.05) is 13.2 Å². The third-order valence-electron chi connectivity index (χ3n) is 3.51. The van der Waals surface area contributed by atoms with Crippen molar-refractivity contribution in [1.29, 1.82) is 0 Å². The fourth-order valence-electron chi connectivity index (χ4n) is 2.54. The SMILES string of the molecule is CCOC(=O)Cc1noc(C2CCCCN2C(=O)OC(C)(C)C)n1. The van der Waals surface area contributed by atoms with Crippen molar-refractivity contribution in [2.24, 2.45) is 0 Å². The Balaban J connectivity index is 2.09. The minimum absolute atomic E-state index is 0.0451. The summed E-state index contributed by atoms with van der Waals surface area (Å²) in [6.45, 7) is 8.10. The van der Waals surface area contributed by atoms with Gasteiger partial charge in [-0.15, -0.1) is 0 Å².